The third-order valence-corrected chi connectivity index (χ3v) is 6.35. The summed E-state index contributed by atoms with van der Waals surface area (Å²) in [4.78, 5) is 34.5. The number of fused-ring (bicyclic) bond motifs is 1. The largest absolute Gasteiger partial charge is 0.457 e. The van der Waals surface area contributed by atoms with Crippen molar-refractivity contribution in [2.24, 2.45) is 0 Å². The molecule has 0 bridgehead atoms. The maximum absolute atomic E-state index is 13.3. The Hall–Kier alpha value is -3.49. The first kappa shape index (κ1) is 22.7. The summed E-state index contributed by atoms with van der Waals surface area (Å²) in [7, 11) is 3.81. The minimum absolute atomic E-state index is 0.110. The first-order chi connectivity index (χ1) is 15.8. The van der Waals surface area contributed by atoms with Gasteiger partial charge in [-0.2, -0.15) is 0 Å². The maximum atomic E-state index is 13.3. The summed E-state index contributed by atoms with van der Waals surface area (Å²) in [5.74, 6) is 1.69. The van der Waals surface area contributed by atoms with Crippen LogP contribution in [0.5, 0.6) is 11.5 Å². The molecule has 7 nitrogen and oxygen atoms in total. The van der Waals surface area contributed by atoms with E-state index in [1.807, 2.05) is 63.2 Å². The number of rotatable bonds is 7. The van der Waals surface area contributed by atoms with Gasteiger partial charge < -0.3 is 15.0 Å². The van der Waals surface area contributed by atoms with Gasteiger partial charge in [-0.15, -0.1) is 11.3 Å². The number of hydrogen-bond acceptors (Lipinski definition) is 6. The van der Waals surface area contributed by atoms with Crippen molar-refractivity contribution in [1.82, 2.24) is 14.5 Å². The van der Waals surface area contributed by atoms with Crippen molar-refractivity contribution < 1.29 is 9.53 Å². The van der Waals surface area contributed by atoms with Gasteiger partial charge in [-0.05, 0) is 69.9 Å². The average molecular weight is 463 g/mol. The number of aromatic nitrogens is 2. The number of para-hydroxylation sites is 1. The molecule has 0 saturated heterocycles. The first-order valence-corrected chi connectivity index (χ1v) is 11.4. The van der Waals surface area contributed by atoms with Crippen molar-refractivity contribution in [3.8, 4) is 11.5 Å². The minimum Gasteiger partial charge on any atom is -0.457 e. The lowest BCUT2D eigenvalue weighted by Gasteiger charge is -2.16. The zero-order chi connectivity index (χ0) is 23.5. The third-order valence-electron chi connectivity index (χ3n) is 5.24. The van der Waals surface area contributed by atoms with Crippen molar-refractivity contribution in [3.05, 3.63) is 81.2 Å². The Labute approximate surface area is 196 Å². The van der Waals surface area contributed by atoms with Crippen molar-refractivity contribution in [2.45, 2.75) is 26.9 Å². The molecule has 0 saturated carbocycles. The minimum atomic E-state index is -0.292. The van der Waals surface area contributed by atoms with E-state index in [-0.39, 0.29) is 18.0 Å². The topological polar surface area (TPSA) is 76.5 Å². The fraction of sp³-hybridized carbons (Fsp3) is 0.240. The molecule has 2 aromatic heterocycles. The number of nitrogens with zero attached hydrogens (tertiary/aromatic N) is 3. The van der Waals surface area contributed by atoms with Crippen LogP contribution in [-0.2, 0) is 17.9 Å². The summed E-state index contributed by atoms with van der Waals surface area (Å²) < 4.78 is 7.26. The molecular formula is C25H26N4O3S. The summed E-state index contributed by atoms with van der Waals surface area (Å²) in [5, 5.41) is 3.46. The van der Waals surface area contributed by atoms with Gasteiger partial charge in [0, 0.05) is 10.6 Å². The normalized spacial score (nSPS) is 11.2. The number of ether oxygens (including phenoxy) is 1. The molecule has 0 radical (unpaired) electrons. The number of anilines is 1. The van der Waals surface area contributed by atoms with Gasteiger partial charge in [0.25, 0.3) is 5.56 Å². The van der Waals surface area contributed by atoms with Crippen molar-refractivity contribution in [2.75, 3.05) is 19.4 Å². The molecule has 4 aromatic rings. The lowest BCUT2D eigenvalue weighted by atomic mass is 10.2. The van der Waals surface area contributed by atoms with Crippen LogP contribution >= 0.6 is 11.3 Å². The summed E-state index contributed by atoms with van der Waals surface area (Å²) >= 11 is 1.51. The van der Waals surface area contributed by atoms with E-state index < -0.39 is 0 Å². The zero-order valence-corrected chi connectivity index (χ0v) is 19.9. The van der Waals surface area contributed by atoms with Gasteiger partial charge >= 0.3 is 0 Å². The molecule has 2 heterocycles. The predicted molar refractivity (Wildman–Crippen MR) is 132 cm³/mol. The van der Waals surface area contributed by atoms with E-state index in [4.69, 9.17) is 9.72 Å². The SMILES string of the molecule is Cc1sc2nc(CN(C)C)n(CC(=O)Nc3ccc(Oc4ccccc4)cc3)c(=O)c2c1C. The Bertz CT molecular complexity index is 1340. The van der Waals surface area contributed by atoms with Crippen LogP contribution in [0.3, 0.4) is 0 Å². The fourth-order valence-electron chi connectivity index (χ4n) is 3.51. The number of carbonyl (C=O) groups is 1. The zero-order valence-electron chi connectivity index (χ0n) is 19.1. The Morgan fingerprint density at radius 1 is 1.06 bits per heavy atom. The van der Waals surface area contributed by atoms with Crippen molar-refractivity contribution in [3.63, 3.8) is 0 Å². The molecule has 170 valence electrons. The molecule has 0 unspecified atom stereocenters. The molecule has 4 rings (SSSR count). The highest BCUT2D eigenvalue weighted by Gasteiger charge is 2.18. The van der Waals surface area contributed by atoms with Gasteiger partial charge in [0.1, 0.15) is 28.7 Å². The number of aryl methyl sites for hydroxylation is 2. The highest BCUT2D eigenvalue weighted by Crippen LogP contribution is 2.26. The molecule has 1 N–H and O–H groups in total. The Balaban J connectivity index is 1.54. The quantitative estimate of drug-likeness (QED) is 0.435. The highest BCUT2D eigenvalue weighted by molar-refractivity contribution is 7.18. The lowest BCUT2D eigenvalue weighted by Crippen LogP contribution is -2.32. The number of thiophene rings is 1. The van der Waals surface area contributed by atoms with E-state index >= 15 is 0 Å². The number of nitrogens with one attached hydrogen (secondary N) is 1. The molecule has 8 heteroatoms. The Morgan fingerprint density at radius 2 is 1.73 bits per heavy atom. The van der Waals surface area contributed by atoms with Crippen LogP contribution < -0.4 is 15.6 Å². The Morgan fingerprint density at radius 3 is 2.39 bits per heavy atom. The lowest BCUT2D eigenvalue weighted by molar-refractivity contribution is -0.116. The molecule has 0 aliphatic heterocycles. The molecule has 0 aliphatic carbocycles. The highest BCUT2D eigenvalue weighted by atomic mass is 32.1. The summed E-state index contributed by atoms with van der Waals surface area (Å²) in [6.45, 7) is 4.25. The first-order valence-electron chi connectivity index (χ1n) is 10.6. The number of carbonyl (C=O) groups excluding carboxylic acids is 1. The van der Waals surface area contributed by atoms with Gasteiger partial charge in [-0.25, -0.2) is 4.98 Å². The summed E-state index contributed by atoms with van der Waals surface area (Å²) in [6, 6.07) is 16.6. The van der Waals surface area contributed by atoms with E-state index in [1.54, 1.807) is 24.3 Å². The van der Waals surface area contributed by atoms with Crippen LogP contribution in [0.15, 0.2) is 59.4 Å². The molecule has 0 aliphatic rings. The van der Waals surface area contributed by atoms with E-state index in [2.05, 4.69) is 5.32 Å². The predicted octanol–water partition coefficient (Wildman–Crippen LogP) is 4.57. The van der Waals surface area contributed by atoms with Crippen LogP contribution in [0.25, 0.3) is 10.2 Å². The van der Waals surface area contributed by atoms with Crippen molar-refractivity contribution in [1.29, 1.82) is 0 Å². The second kappa shape index (κ2) is 9.56. The summed E-state index contributed by atoms with van der Waals surface area (Å²) in [5.41, 5.74) is 1.37. The van der Waals surface area contributed by atoms with E-state index in [0.29, 0.717) is 29.2 Å². The van der Waals surface area contributed by atoms with Gasteiger partial charge in [-0.3, -0.25) is 14.2 Å². The van der Waals surface area contributed by atoms with Gasteiger partial charge in [0.15, 0.2) is 0 Å². The molecule has 0 fully saturated rings. The van der Waals surface area contributed by atoms with E-state index in [9.17, 15) is 9.59 Å². The van der Waals surface area contributed by atoms with E-state index in [0.717, 1.165) is 21.0 Å². The number of hydrogen-bond donors (Lipinski definition) is 1. The van der Waals surface area contributed by atoms with Gasteiger partial charge in [0.2, 0.25) is 5.91 Å². The van der Waals surface area contributed by atoms with E-state index in [1.165, 1.54) is 15.9 Å². The van der Waals surface area contributed by atoms with Crippen LogP contribution in [0.1, 0.15) is 16.3 Å². The molecule has 33 heavy (non-hydrogen) atoms. The fourth-order valence-corrected chi connectivity index (χ4v) is 4.55. The molecule has 2 aromatic carbocycles. The second-order valence-corrected chi connectivity index (χ2v) is 9.31. The molecular weight excluding hydrogens is 436 g/mol. The van der Waals surface area contributed by atoms with Crippen LogP contribution in [0.2, 0.25) is 0 Å². The molecule has 0 atom stereocenters. The maximum Gasteiger partial charge on any atom is 0.263 e. The smallest absolute Gasteiger partial charge is 0.263 e. The van der Waals surface area contributed by atoms with Gasteiger partial charge in [0.05, 0.1) is 11.9 Å². The molecule has 1 amide bonds. The third kappa shape index (κ3) is 5.13. The van der Waals surface area contributed by atoms with Gasteiger partial charge in [-0.1, -0.05) is 18.2 Å². The van der Waals surface area contributed by atoms with Crippen molar-refractivity contribution >= 4 is 33.1 Å². The monoisotopic (exact) mass is 462 g/mol. The van der Waals surface area contributed by atoms with Crippen LogP contribution in [0.4, 0.5) is 5.69 Å². The Kier molecular flexibility index (Phi) is 6.57. The van der Waals surface area contributed by atoms with Crippen LogP contribution in [-0.4, -0.2) is 34.5 Å². The number of amides is 1. The van der Waals surface area contributed by atoms with Crippen LogP contribution in [0, 0.1) is 13.8 Å². The molecule has 0 spiro atoms. The second-order valence-electron chi connectivity index (χ2n) is 8.11. The standard InChI is InChI=1S/C25H26N4O3S/c1-16-17(2)33-24-23(16)25(31)29(21(27-24)14-28(3)4)15-22(30)26-18-10-12-20(13-11-18)32-19-8-6-5-7-9-19/h5-13H,14-15H2,1-4H3,(H,26,30). The number of benzene rings is 2. The average Bonchev–Trinajstić information content (AvgIpc) is 3.06. The summed E-state index contributed by atoms with van der Waals surface area (Å²) in [6.07, 6.45) is 0.